The van der Waals surface area contributed by atoms with Crippen molar-refractivity contribution in [3.8, 4) is 0 Å². The van der Waals surface area contributed by atoms with Crippen LogP contribution >= 0.6 is 7.67 Å². The van der Waals surface area contributed by atoms with Crippen LogP contribution in [0.1, 0.15) is 27.2 Å². The average Bonchev–Trinajstić information content (AvgIpc) is 2.43. The van der Waals surface area contributed by atoms with E-state index in [9.17, 15) is 9.36 Å². The van der Waals surface area contributed by atoms with E-state index in [1.807, 2.05) is 25.4 Å². The van der Waals surface area contributed by atoms with E-state index in [0.717, 1.165) is 6.42 Å². The highest BCUT2D eigenvalue weighted by molar-refractivity contribution is 7.53. The third kappa shape index (κ3) is 4.95. The molecule has 0 aromatic rings. The predicted octanol–water partition coefficient (Wildman–Crippen LogP) is 2.25. The number of rotatable bonds is 6. The van der Waals surface area contributed by atoms with E-state index in [1.54, 1.807) is 23.7 Å². The van der Waals surface area contributed by atoms with Gasteiger partial charge in [0.25, 0.3) is 0 Å². The largest absolute Gasteiger partial charge is 0.449 e. The summed E-state index contributed by atoms with van der Waals surface area (Å²) in [6, 6.07) is 0. The van der Waals surface area contributed by atoms with Gasteiger partial charge in [0, 0.05) is 26.2 Å². The molecule has 124 valence electrons. The van der Waals surface area contributed by atoms with Gasteiger partial charge in [-0.1, -0.05) is 6.92 Å². The minimum absolute atomic E-state index is 0.120. The summed E-state index contributed by atoms with van der Waals surface area (Å²) < 4.78 is 27.3. The maximum absolute atomic E-state index is 13.0. The fraction of sp³-hybridized carbons (Fsp3) is 0.923. The highest BCUT2D eigenvalue weighted by Gasteiger charge is 2.38. The third-order valence-electron chi connectivity index (χ3n) is 3.15. The summed E-state index contributed by atoms with van der Waals surface area (Å²) in [6.07, 6.45) is 0.399. The quantitative estimate of drug-likeness (QED) is 0.699. The van der Waals surface area contributed by atoms with Crippen LogP contribution in [0.15, 0.2) is 0 Å². The van der Waals surface area contributed by atoms with Gasteiger partial charge in [-0.05, 0) is 34.4 Å². The highest BCUT2D eigenvalue weighted by atomic mass is 31.2. The van der Waals surface area contributed by atoms with Crippen LogP contribution in [0.5, 0.6) is 0 Å². The Balaban J connectivity index is 2.61. The fourth-order valence-corrected chi connectivity index (χ4v) is 4.16. The zero-order valence-corrected chi connectivity index (χ0v) is 14.6. The Morgan fingerprint density at radius 1 is 1.24 bits per heavy atom. The standard InChI is InChI=1S/C13H28N3O4P/c1-6-11-19-13(17)15-7-9-16(10-8-15)21(18,14(4)5)20-12(2)3/h12H,6-11H2,1-5H3. The molecular weight excluding hydrogens is 293 g/mol. The van der Waals surface area contributed by atoms with E-state index in [-0.39, 0.29) is 12.2 Å². The van der Waals surface area contributed by atoms with Crippen molar-refractivity contribution >= 4 is 13.8 Å². The fourth-order valence-electron chi connectivity index (χ4n) is 2.10. The van der Waals surface area contributed by atoms with Gasteiger partial charge in [-0.25, -0.2) is 14.1 Å². The lowest BCUT2D eigenvalue weighted by atomic mass is 10.4. The van der Waals surface area contributed by atoms with Gasteiger partial charge in [-0.15, -0.1) is 0 Å². The molecule has 1 aliphatic heterocycles. The molecule has 0 aromatic carbocycles. The first-order valence-electron chi connectivity index (χ1n) is 7.44. The van der Waals surface area contributed by atoms with Gasteiger partial charge in [-0.2, -0.15) is 0 Å². The minimum Gasteiger partial charge on any atom is -0.449 e. The first-order chi connectivity index (χ1) is 9.81. The molecule has 0 radical (unpaired) electrons. The van der Waals surface area contributed by atoms with E-state index in [1.165, 1.54) is 0 Å². The van der Waals surface area contributed by atoms with Gasteiger partial charge >= 0.3 is 13.8 Å². The second-order valence-corrected chi connectivity index (χ2v) is 8.10. The molecule has 1 fully saturated rings. The van der Waals surface area contributed by atoms with E-state index < -0.39 is 7.67 Å². The van der Waals surface area contributed by atoms with Crippen LogP contribution in [-0.4, -0.2) is 73.3 Å². The van der Waals surface area contributed by atoms with Crippen LogP contribution in [-0.2, 0) is 13.8 Å². The van der Waals surface area contributed by atoms with Crippen molar-refractivity contribution in [2.24, 2.45) is 0 Å². The average molecular weight is 321 g/mol. The number of amides is 1. The molecule has 0 aliphatic carbocycles. The maximum atomic E-state index is 13.0. The number of hydrogen-bond donors (Lipinski definition) is 0. The smallest absolute Gasteiger partial charge is 0.409 e. The summed E-state index contributed by atoms with van der Waals surface area (Å²) in [5, 5.41) is 0. The number of carbonyl (C=O) groups is 1. The van der Waals surface area contributed by atoms with Crippen LogP contribution < -0.4 is 0 Å². The second-order valence-electron chi connectivity index (χ2n) is 5.55. The van der Waals surface area contributed by atoms with Crippen LogP contribution in [0.3, 0.4) is 0 Å². The first-order valence-corrected chi connectivity index (χ1v) is 8.97. The Morgan fingerprint density at radius 3 is 2.24 bits per heavy atom. The van der Waals surface area contributed by atoms with Gasteiger partial charge in [0.2, 0.25) is 0 Å². The molecule has 1 saturated heterocycles. The Labute approximate surface area is 127 Å². The van der Waals surface area contributed by atoms with E-state index >= 15 is 0 Å². The number of carbonyl (C=O) groups excluding carboxylic acids is 1. The molecule has 1 heterocycles. The minimum atomic E-state index is -3.01. The zero-order chi connectivity index (χ0) is 16.0. The van der Waals surface area contributed by atoms with Crippen molar-refractivity contribution in [2.45, 2.75) is 33.3 Å². The van der Waals surface area contributed by atoms with Crippen molar-refractivity contribution in [3.63, 3.8) is 0 Å². The molecule has 21 heavy (non-hydrogen) atoms. The van der Waals surface area contributed by atoms with Crippen molar-refractivity contribution in [3.05, 3.63) is 0 Å². The molecule has 0 N–H and O–H groups in total. The Kier molecular flexibility index (Phi) is 7.13. The van der Waals surface area contributed by atoms with Gasteiger partial charge < -0.3 is 14.2 Å². The third-order valence-corrected chi connectivity index (χ3v) is 5.98. The molecule has 1 amide bonds. The van der Waals surface area contributed by atoms with Gasteiger partial charge in [0.15, 0.2) is 0 Å². The lowest BCUT2D eigenvalue weighted by Gasteiger charge is -2.40. The molecule has 0 bridgehead atoms. The van der Waals surface area contributed by atoms with Crippen molar-refractivity contribution in [1.82, 2.24) is 14.2 Å². The summed E-state index contributed by atoms with van der Waals surface area (Å²) in [7, 11) is 0.497. The van der Waals surface area contributed by atoms with Crippen LogP contribution in [0.2, 0.25) is 0 Å². The van der Waals surface area contributed by atoms with Crippen molar-refractivity contribution in [2.75, 3.05) is 46.9 Å². The van der Waals surface area contributed by atoms with Crippen LogP contribution in [0.25, 0.3) is 0 Å². The monoisotopic (exact) mass is 321 g/mol. The summed E-state index contributed by atoms with van der Waals surface area (Å²) in [5.74, 6) is 0. The lowest BCUT2D eigenvalue weighted by molar-refractivity contribution is 0.0826. The number of hydrogen-bond acceptors (Lipinski definition) is 4. The second kappa shape index (κ2) is 8.13. The Hall–Kier alpha value is -0.620. The summed E-state index contributed by atoms with van der Waals surface area (Å²) in [4.78, 5) is 13.5. The van der Waals surface area contributed by atoms with Crippen molar-refractivity contribution < 1.29 is 18.6 Å². The molecule has 1 atom stereocenters. The van der Waals surface area contributed by atoms with E-state index in [4.69, 9.17) is 9.26 Å². The summed E-state index contributed by atoms with van der Waals surface area (Å²) in [6.45, 7) is 8.17. The Morgan fingerprint density at radius 2 is 1.81 bits per heavy atom. The molecule has 1 unspecified atom stereocenters. The van der Waals surface area contributed by atoms with Gasteiger partial charge in [-0.3, -0.25) is 4.57 Å². The number of piperazine rings is 1. The first kappa shape index (κ1) is 18.4. The van der Waals surface area contributed by atoms with E-state index in [0.29, 0.717) is 32.8 Å². The summed E-state index contributed by atoms with van der Waals surface area (Å²) >= 11 is 0. The topological polar surface area (TPSA) is 62.3 Å². The van der Waals surface area contributed by atoms with Crippen LogP contribution in [0, 0.1) is 0 Å². The van der Waals surface area contributed by atoms with Crippen LogP contribution in [0.4, 0.5) is 4.79 Å². The van der Waals surface area contributed by atoms with E-state index in [2.05, 4.69) is 0 Å². The molecule has 1 rings (SSSR count). The molecule has 1 aliphatic rings. The van der Waals surface area contributed by atoms with Gasteiger partial charge in [0.1, 0.15) is 0 Å². The molecule has 0 aromatic heterocycles. The highest BCUT2D eigenvalue weighted by Crippen LogP contribution is 2.53. The SMILES string of the molecule is CCCOC(=O)N1CCN(P(=O)(OC(C)C)N(C)C)CC1. The molecule has 8 heteroatoms. The molecule has 0 spiro atoms. The molecule has 7 nitrogen and oxygen atoms in total. The maximum Gasteiger partial charge on any atom is 0.409 e. The predicted molar refractivity (Wildman–Crippen MR) is 82.3 cm³/mol. The molecule has 0 saturated carbocycles. The molecular formula is C13H28N3O4P. The zero-order valence-electron chi connectivity index (χ0n) is 13.7. The number of nitrogens with zero attached hydrogens (tertiary/aromatic N) is 3. The number of ether oxygens (including phenoxy) is 1. The van der Waals surface area contributed by atoms with Crippen molar-refractivity contribution in [1.29, 1.82) is 0 Å². The van der Waals surface area contributed by atoms with Gasteiger partial charge in [0.05, 0.1) is 12.7 Å². The Bertz CT molecular complexity index is 382. The lowest BCUT2D eigenvalue weighted by Crippen LogP contribution is -2.49. The summed E-state index contributed by atoms with van der Waals surface area (Å²) in [5.41, 5.74) is 0. The normalized spacial score (nSPS) is 19.9.